The topological polar surface area (TPSA) is 111 Å². The van der Waals surface area contributed by atoms with E-state index in [1.165, 1.54) is 0 Å². The van der Waals surface area contributed by atoms with Crippen molar-refractivity contribution in [3.05, 3.63) is 12.2 Å². The Morgan fingerprint density at radius 1 is 0.868 bits per heavy atom. The number of aliphatic carboxylic acids is 1. The number of hydrogen-bond acceptors (Lipinski definition) is 8. The Morgan fingerprint density at radius 3 is 2.05 bits per heavy atom. The summed E-state index contributed by atoms with van der Waals surface area (Å²) >= 11 is 0. The van der Waals surface area contributed by atoms with Gasteiger partial charge in [0.25, 0.3) is 0 Å². The molecule has 4 unspecified atom stereocenters. The van der Waals surface area contributed by atoms with E-state index in [0.29, 0.717) is 55.8 Å². The van der Waals surface area contributed by atoms with Crippen LogP contribution >= 0.6 is 0 Å². The molecule has 8 heteroatoms. The highest BCUT2D eigenvalue weighted by atomic mass is 16.7. The minimum atomic E-state index is -0.909. The lowest BCUT2D eigenvalue weighted by Gasteiger charge is -2.65. The number of carbonyl (C=O) groups is 3. The highest BCUT2D eigenvalue weighted by Gasteiger charge is 2.66. The van der Waals surface area contributed by atoms with Crippen LogP contribution in [0, 0.1) is 46.3 Å². The molecular formula is C30H39O8-. The van der Waals surface area contributed by atoms with E-state index in [4.69, 9.17) is 18.9 Å². The van der Waals surface area contributed by atoms with Crippen molar-refractivity contribution in [3.8, 4) is 0 Å². The van der Waals surface area contributed by atoms with Gasteiger partial charge in [-0.25, -0.2) is 4.79 Å². The summed E-state index contributed by atoms with van der Waals surface area (Å²) in [6.07, 6.45) is 8.68. The zero-order valence-corrected chi connectivity index (χ0v) is 22.3. The molecule has 9 fully saturated rings. The Kier molecular flexibility index (Phi) is 5.47. The molecule has 0 radical (unpaired) electrons. The fraction of sp³-hybridized carbons (Fsp3) is 0.833. The van der Waals surface area contributed by atoms with Gasteiger partial charge in [-0.15, -0.1) is 0 Å². The highest BCUT2D eigenvalue weighted by molar-refractivity contribution is 5.87. The van der Waals surface area contributed by atoms with E-state index in [1.807, 2.05) is 0 Å². The van der Waals surface area contributed by atoms with Gasteiger partial charge in [0.05, 0.1) is 25.2 Å². The van der Waals surface area contributed by atoms with Gasteiger partial charge in [0.1, 0.15) is 5.60 Å². The maximum absolute atomic E-state index is 13.6. The van der Waals surface area contributed by atoms with Crippen LogP contribution in [0.15, 0.2) is 12.2 Å². The second-order valence-corrected chi connectivity index (χ2v) is 14.3. The lowest BCUT2D eigenvalue weighted by molar-refractivity contribution is -0.387. The Balaban J connectivity index is 0.981. The van der Waals surface area contributed by atoms with Crippen LogP contribution in [0.5, 0.6) is 0 Å². The van der Waals surface area contributed by atoms with Crippen LogP contribution in [-0.2, 0) is 33.3 Å². The summed E-state index contributed by atoms with van der Waals surface area (Å²) in [5, 5.41) is 12.0. The van der Waals surface area contributed by atoms with E-state index in [2.05, 4.69) is 6.58 Å². The standard InChI is InChI=1S/C30H40O8/c1-17(2)24(31)38-29-9-19-3-20(10-29)8-28(7-19,16-29)26(34)35-13-21-14-36-30(37-15-21)22-4-18-5-23(30)12-27(6-18,11-22)25(32)33/h18-23H,1,3-16H2,2H3,(H,32,33)/p-1. The fourth-order valence-corrected chi connectivity index (χ4v) is 10.5. The Labute approximate surface area is 223 Å². The SMILES string of the molecule is C=C(C)C(=O)OC12CC3CC(C1)CC(C(=O)OCC1COC4(OC1)C1CC5CC4CC(C(=O)[O-])(C5)C1)(C3)C2. The minimum Gasteiger partial charge on any atom is -0.550 e. The summed E-state index contributed by atoms with van der Waals surface area (Å²) in [6.45, 7) is 6.53. The molecule has 0 N–H and O–H groups in total. The molecule has 8 aliphatic carbocycles. The molecule has 8 bridgehead atoms. The van der Waals surface area contributed by atoms with E-state index in [0.717, 1.165) is 51.4 Å². The number of rotatable bonds is 6. The zero-order chi connectivity index (χ0) is 26.5. The number of carboxylic acids is 1. The third-order valence-corrected chi connectivity index (χ3v) is 11.4. The third-order valence-electron chi connectivity index (χ3n) is 11.4. The number of esters is 2. The van der Waals surface area contributed by atoms with Crippen LogP contribution in [0.3, 0.4) is 0 Å². The molecule has 4 atom stereocenters. The van der Waals surface area contributed by atoms with Crippen molar-refractivity contribution in [1.29, 1.82) is 0 Å². The van der Waals surface area contributed by atoms with Crippen LogP contribution < -0.4 is 5.11 Å². The second-order valence-electron chi connectivity index (χ2n) is 14.3. The molecule has 1 heterocycles. The summed E-state index contributed by atoms with van der Waals surface area (Å²) < 4.78 is 24.9. The maximum Gasteiger partial charge on any atom is 0.333 e. The van der Waals surface area contributed by atoms with Crippen molar-refractivity contribution in [3.63, 3.8) is 0 Å². The molecule has 8 saturated carbocycles. The molecule has 1 aliphatic heterocycles. The van der Waals surface area contributed by atoms with Crippen LogP contribution in [0.1, 0.15) is 77.6 Å². The Bertz CT molecular complexity index is 1040. The fourth-order valence-electron chi connectivity index (χ4n) is 10.5. The van der Waals surface area contributed by atoms with Crippen molar-refractivity contribution >= 4 is 17.9 Å². The molecule has 8 nitrogen and oxygen atoms in total. The van der Waals surface area contributed by atoms with Crippen LogP contribution in [0.2, 0.25) is 0 Å². The van der Waals surface area contributed by atoms with Crippen LogP contribution in [-0.4, -0.2) is 49.1 Å². The minimum absolute atomic E-state index is 0.0546. The van der Waals surface area contributed by atoms with Gasteiger partial charge in [-0.3, -0.25) is 4.79 Å². The van der Waals surface area contributed by atoms with Crippen molar-refractivity contribution in [2.45, 2.75) is 88.9 Å². The first-order valence-corrected chi connectivity index (χ1v) is 14.6. The van der Waals surface area contributed by atoms with E-state index in [9.17, 15) is 19.5 Å². The molecule has 0 aromatic rings. The summed E-state index contributed by atoms with van der Waals surface area (Å²) in [6, 6.07) is 0. The molecular weight excluding hydrogens is 488 g/mol. The van der Waals surface area contributed by atoms with Crippen LogP contribution in [0.4, 0.5) is 0 Å². The molecule has 9 rings (SSSR count). The molecule has 0 aromatic carbocycles. The molecule has 9 aliphatic rings. The van der Waals surface area contributed by atoms with Crippen molar-refractivity contribution in [2.24, 2.45) is 46.3 Å². The first-order chi connectivity index (χ1) is 18.0. The predicted molar refractivity (Wildman–Crippen MR) is 131 cm³/mol. The van der Waals surface area contributed by atoms with Gasteiger partial charge >= 0.3 is 11.9 Å². The Morgan fingerprint density at radius 2 is 1.47 bits per heavy atom. The predicted octanol–water partition coefficient (Wildman–Crippen LogP) is 2.92. The number of ether oxygens (including phenoxy) is 4. The molecule has 38 heavy (non-hydrogen) atoms. The number of carboxylic acid groups (broad SMARTS) is 1. The molecule has 0 amide bonds. The average Bonchev–Trinajstić information content (AvgIpc) is 2.85. The average molecular weight is 528 g/mol. The molecule has 1 spiro atoms. The zero-order valence-electron chi connectivity index (χ0n) is 22.3. The second kappa shape index (κ2) is 8.29. The molecule has 1 saturated heterocycles. The van der Waals surface area contributed by atoms with Gasteiger partial charge in [0.15, 0.2) is 5.79 Å². The first kappa shape index (κ1) is 25.1. The first-order valence-electron chi connectivity index (χ1n) is 14.6. The van der Waals surface area contributed by atoms with E-state index in [-0.39, 0.29) is 36.3 Å². The van der Waals surface area contributed by atoms with Crippen molar-refractivity contribution < 1.29 is 38.4 Å². The van der Waals surface area contributed by atoms with Gasteiger partial charge in [-0.2, -0.15) is 0 Å². The lowest BCUT2D eigenvalue weighted by Crippen LogP contribution is -2.68. The summed E-state index contributed by atoms with van der Waals surface area (Å²) in [5.74, 6) is -0.858. The number of carbonyl (C=O) groups excluding carboxylic acids is 3. The summed E-state index contributed by atoms with van der Waals surface area (Å²) in [5.41, 5.74) is -1.49. The van der Waals surface area contributed by atoms with Gasteiger partial charge in [-0.05, 0) is 88.9 Å². The van der Waals surface area contributed by atoms with Gasteiger partial charge in [0, 0.05) is 41.1 Å². The van der Waals surface area contributed by atoms with Crippen molar-refractivity contribution in [2.75, 3.05) is 19.8 Å². The monoisotopic (exact) mass is 527 g/mol. The number of hydrogen-bond donors (Lipinski definition) is 0. The van der Waals surface area contributed by atoms with E-state index < -0.39 is 28.2 Å². The van der Waals surface area contributed by atoms with E-state index >= 15 is 0 Å². The smallest absolute Gasteiger partial charge is 0.333 e. The Hall–Kier alpha value is -1.93. The summed E-state index contributed by atoms with van der Waals surface area (Å²) in [7, 11) is 0. The normalized spacial score (nSPS) is 49.7. The van der Waals surface area contributed by atoms with Crippen molar-refractivity contribution in [1.82, 2.24) is 0 Å². The van der Waals surface area contributed by atoms with Gasteiger partial charge in [0.2, 0.25) is 0 Å². The lowest BCUT2D eigenvalue weighted by atomic mass is 9.47. The summed E-state index contributed by atoms with van der Waals surface area (Å²) in [4.78, 5) is 38.0. The van der Waals surface area contributed by atoms with Gasteiger partial charge in [-0.1, -0.05) is 6.58 Å². The molecule has 208 valence electrons. The molecule has 0 aromatic heterocycles. The quantitative estimate of drug-likeness (QED) is 0.383. The third kappa shape index (κ3) is 3.65. The van der Waals surface area contributed by atoms with E-state index in [1.54, 1.807) is 6.92 Å². The highest BCUT2D eigenvalue weighted by Crippen LogP contribution is 2.66. The largest absolute Gasteiger partial charge is 0.550 e. The maximum atomic E-state index is 13.6. The van der Waals surface area contributed by atoms with Crippen LogP contribution in [0.25, 0.3) is 0 Å². The van der Waals surface area contributed by atoms with Gasteiger partial charge < -0.3 is 28.8 Å².